The highest BCUT2D eigenvalue weighted by atomic mass is 16.5. The molecule has 0 spiro atoms. The third-order valence-electron chi connectivity index (χ3n) is 5.58. The van der Waals surface area contributed by atoms with Crippen molar-refractivity contribution in [1.29, 1.82) is 0 Å². The monoisotopic (exact) mass is 442 g/mol. The number of carbonyl (C=O) groups excluding carboxylic acids is 1. The van der Waals surface area contributed by atoms with Crippen LogP contribution in [0.25, 0.3) is 22.3 Å². The number of aromatic nitrogens is 2. The number of fused-ring (bicyclic) bond motifs is 1. The van der Waals surface area contributed by atoms with Gasteiger partial charge in [0.25, 0.3) is 11.5 Å². The van der Waals surface area contributed by atoms with Gasteiger partial charge in [0.1, 0.15) is 5.75 Å². The maximum absolute atomic E-state index is 13.3. The molecule has 4 aromatic rings. The molecule has 0 saturated carbocycles. The van der Waals surface area contributed by atoms with Crippen molar-refractivity contribution in [3.8, 4) is 17.1 Å². The summed E-state index contributed by atoms with van der Waals surface area (Å²) in [6.45, 7) is 5.93. The second kappa shape index (κ2) is 9.56. The first-order valence-electron chi connectivity index (χ1n) is 10.9. The predicted octanol–water partition coefficient (Wildman–Crippen LogP) is 4.30. The molecule has 33 heavy (non-hydrogen) atoms. The van der Waals surface area contributed by atoms with E-state index in [1.54, 1.807) is 43.5 Å². The zero-order valence-corrected chi connectivity index (χ0v) is 18.9. The molecule has 1 N–H and O–H groups in total. The van der Waals surface area contributed by atoms with Crippen LogP contribution in [0.5, 0.6) is 5.75 Å². The van der Waals surface area contributed by atoms with Gasteiger partial charge in [0.05, 0.1) is 18.0 Å². The number of para-hydroxylation sites is 1. The largest absolute Gasteiger partial charge is 0.497 e. The van der Waals surface area contributed by atoms with E-state index in [1.807, 2.05) is 36.4 Å². The van der Waals surface area contributed by atoms with Gasteiger partial charge in [0.15, 0.2) is 5.82 Å². The van der Waals surface area contributed by atoms with E-state index in [1.165, 1.54) is 4.68 Å². The van der Waals surface area contributed by atoms with Gasteiger partial charge in [-0.05, 0) is 62.4 Å². The van der Waals surface area contributed by atoms with Gasteiger partial charge < -0.3 is 9.64 Å². The van der Waals surface area contributed by atoms with Gasteiger partial charge in [-0.15, -0.1) is 0 Å². The van der Waals surface area contributed by atoms with E-state index in [0.717, 1.165) is 18.8 Å². The van der Waals surface area contributed by atoms with Crippen LogP contribution in [-0.4, -0.2) is 35.8 Å². The third-order valence-corrected chi connectivity index (χ3v) is 5.58. The zero-order chi connectivity index (χ0) is 23.4. The smallest absolute Gasteiger partial charge is 0.280 e. The minimum absolute atomic E-state index is 0.325. The van der Waals surface area contributed by atoms with Crippen LogP contribution in [0.15, 0.2) is 77.6 Å². The fourth-order valence-corrected chi connectivity index (χ4v) is 3.77. The second-order valence-corrected chi connectivity index (χ2v) is 7.49. The lowest BCUT2D eigenvalue weighted by molar-refractivity contribution is 0.101. The summed E-state index contributed by atoms with van der Waals surface area (Å²) in [5.74, 6) is 0.551. The van der Waals surface area contributed by atoms with Gasteiger partial charge in [0.2, 0.25) is 0 Å². The van der Waals surface area contributed by atoms with Crippen molar-refractivity contribution in [2.24, 2.45) is 0 Å². The lowest BCUT2D eigenvalue weighted by atomic mass is 10.1. The van der Waals surface area contributed by atoms with E-state index in [2.05, 4.69) is 29.2 Å². The summed E-state index contributed by atoms with van der Waals surface area (Å²) in [6, 6.07) is 21.6. The fraction of sp³-hybridized carbons (Fsp3) is 0.192. The Morgan fingerprint density at radius 3 is 2.42 bits per heavy atom. The standard InChI is InChI=1S/C26H26N4O3/c1-4-29(5-2)20-15-13-18(14-16-20)25(31)28-30-24(19-9-8-10-21(17-19)33-3)27-23-12-7-6-11-22(23)26(30)32/h6-17H,4-5H2,1-3H3,(H,28,31). The first-order valence-corrected chi connectivity index (χ1v) is 10.9. The van der Waals surface area contributed by atoms with E-state index >= 15 is 0 Å². The number of nitrogens with one attached hydrogen (secondary N) is 1. The average Bonchev–Trinajstić information content (AvgIpc) is 2.86. The summed E-state index contributed by atoms with van der Waals surface area (Å²) in [7, 11) is 1.57. The Labute approximate surface area is 192 Å². The van der Waals surface area contributed by atoms with Crippen molar-refractivity contribution in [3.05, 3.63) is 88.7 Å². The van der Waals surface area contributed by atoms with Crippen LogP contribution in [0.1, 0.15) is 24.2 Å². The molecule has 168 valence electrons. The molecule has 0 radical (unpaired) electrons. The van der Waals surface area contributed by atoms with Crippen LogP contribution >= 0.6 is 0 Å². The highest BCUT2D eigenvalue weighted by Crippen LogP contribution is 2.23. The molecule has 0 fully saturated rings. The molecule has 0 atom stereocenters. The molecule has 4 rings (SSSR count). The number of nitrogens with zero attached hydrogens (tertiary/aromatic N) is 3. The van der Waals surface area contributed by atoms with Crippen LogP contribution < -0.4 is 20.6 Å². The maximum atomic E-state index is 13.3. The summed E-state index contributed by atoms with van der Waals surface area (Å²) in [6.07, 6.45) is 0. The van der Waals surface area contributed by atoms with Crippen molar-refractivity contribution in [2.45, 2.75) is 13.8 Å². The molecule has 1 amide bonds. The molecule has 0 saturated heterocycles. The molecule has 0 aliphatic heterocycles. The second-order valence-electron chi connectivity index (χ2n) is 7.49. The SMILES string of the molecule is CCN(CC)c1ccc(C(=O)Nn2c(-c3cccc(OC)c3)nc3ccccc3c2=O)cc1. The van der Waals surface area contributed by atoms with E-state index in [4.69, 9.17) is 4.74 Å². The number of ether oxygens (including phenoxy) is 1. The van der Waals surface area contributed by atoms with Crippen molar-refractivity contribution < 1.29 is 9.53 Å². The Morgan fingerprint density at radius 2 is 1.73 bits per heavy atom. The normalized spacial score (nSPS) is 10.8. The number of hydrogen-bond acceptors (Lipinski definition) is 5. The van der Waals surface area contributed by atoms with Gasteiger partial charge in [0, 0.05) is 29.9 Å². The summed E-state index contributed by atoms with van der Waals surface area (Å²) < 4.78 is 6.53. The molecule has 0 aliphatic rings. The molecule has 1 heterocycles. The zero-order valence-electron chi connectivity index (χ0n) is 18.9. The summed E-state index contributed by atoms with van der Waals surface area (Å²) in [5, 5.41) is 0.418. The molecule has 7 nitrogen and oxygen atoms in total. The summed E-state index contributed by atoms with van der Waals surface area (Å²) in [4.78, 5) is 33.3. The lowest BCUT2D eigenvalue weighted by Gasteiger charge is -2.21. The summed E-state index contributed by atoms with van der Waals surface area (Å²) in [5.41, 5.74) is 5.08. The average molecular weight is 443 g/mol. The van der Waals surface area contributed by atoms with Crippen molar-refractivity contribution in [1.82, 2.24) is 9.66 Å². The Bertz CT molecular complexity index is 1340. The molecule has 1 aromatic heterocycles. The number of carbonyl (C=O) groups is 1. The molecule has 0 bridgehead atoms. The van der Waals surface area contributed by atoms with Gasteiger partial charge in [-0.1, -0.05) is 24.3 Å². The lowest BCUT2D eigenvalue weighted by Crippen LogP contribution is -2.35. The number of methoxy groups -OCH3 is 1. The highest BCUT2D eigenvalue weighted by molar-refractivity contribution is 6.00. The van der Waals surface area contributed by atoms with Crippen molar-refractivity contribution in [3.63, 3.8) is 0 Å². The molecule has 7 heteroatoms. The first-order chi connectivity index (χ1) is 16.0. The Balaban J connectivity index is 1.77. The van der Waals surface area contributed by atoms with E-state index in [9.17, 15) is 9.59 Å². The number of rotatable bonds is 7. The first kappa shape index (κ1) is 22.1. The molecule has 0 unspecified atom stereocenters. The van der Waals surface area contributed by atoms with E-state index < -0.39 is 5.91 Å². The van der Waals surface area contributed by atoms with Crippen LogP contribution in [0.2, 0.25) is 0 Å². The molecule has 3 aromatic carbocycles. The quantitative estimate of drug-likeness (QED) is 0.462. The number of anilines is 1. The van der Waals surface area contributed by atoms with Crippen LogP contribution in [-0.2, 0) is 0 Å². The number of amides is 1. The third kappa shape index (κ3) is 4.43. The van der Waals surface area contributed by atoms with Crippen molar-refractivity contribution in [2.75, 3.05) is 30.5 Å². The van der Waals surface area contributed by atoms with Gasteiger partial charge in [-0.3, -0.25) is 15.0 Å². The Morgan fingerprint density at radius 1 is 1.00 bits per heavy atom. The van der Waals surface area contributed by atoms with Crippen LogP contribution in [0, 0.1) is 0 Å². The van der Waals surface area contributed by atoms with Gasteiger partial charge in [-0.2, -0.15) is 4.68 Å². The fourth-order valence-electron chi connectivity index (χ4n) is 3.77. The van der Waals surface area contributed by atoms with Crippen molar-refractivity contribution >= 4 is 22.5 Å². The van der Waals surface area contributed by atoms with Crippen LogP contribution in [0.3, 0.4) is 0 Å². The Hall–Kier alpha value is -4.13. The van der Waals surface area contributed by atoms with Crippen LogP contribution in [0.4, 0.5) is 5.69 Å². The maximum Gasteiger partial charge on any atom is 0.280 e. The molecule has 0 aliphatic carbocycles. The number of benzene rings is 3. The minimum Gasteiger partial charge on any atom is -0.497 e. The minimum atomic E-state index is -0.399. The molecular formula is C26H26N4O3. The van der Waals surface area contributed by atoms with E-state index in [0.29, 0.717) is 33.6 Å². The predicted molar refractivity (Wildman–Crippen MR) is 132 cm³/mol. The summed E-state index contributed by atoms with van der Waals surface area (Å²) >= 11 is 0. The Kier molecular flexibility index (Phi) is 6.40. The number of hydrogen-bond donors (Lipinski definition) is 1. The molecular weight excluding hydrogens is 416 g/mol. The topological polar surface area (TPSA) is 76.5 Å². The van der Waals surface area contributed by atoms with Gasteiger partial charge >= 0.3 is 0 Å². The van der Waals surface area contributed by atoms with Gasteiger partial charge in [-0.25, -0.2) is 4.98 Å². The van der Waals surface area contributed by atoms with E-state index in [-0.39, 0.29) is 5.56 Å². The highest BCUT2D eigenvalue weighted by Gasteiger charge is 2.16.